The number of hydrogen-bond acceptors (Lipinski definition) is 0. The summed E-state index contributed by atoms with van der Waals surface area (Å²) in [6.45, 7) is 7.58. The van der Waals surface area contributed by atoms with E-state index in [1.165, 1.54) is 36.5 Å². The van der Waals surface area contributed by atoms with Crippen LogP contribution in [0.1, 0.15) is 52.9 Å². The van der Waals surface area contributed by atoms with Gasteiger partial charge in [-0.1, -0.05) is 56.2 Å². The van der Waals surface area contributed by atoms with E-state index in [1.807, 2.05) is 0 Å². The van der Waals surface area contributed by atoms with Crippen LogP contribution in [0.5, 0.6) is 0 Å². The summed E-state index contributed by atoms with van der Waals surface area (Å²) in [4.78, 5) is 0. The molecule has 0 nitrogen and oxygen atoms in total. The van der Waals surface area contributed by atoms with Crippen molar-refractivity contribution in [2.24, 2.45) is 29.1 Å². The number of rotatable bonds is 2. The monoisotopic (exact) mass is 320 g/mol. The van der Waals surface area contributed by atoms with Gasteiger partial charge in [0, 0.05) is 4.43 Å². The zero-order valence-electron chi connectivity index (χ0n) is 10.4. The van der Waals surface area contributed by atoms with Crippen molar-refractivity contribution in [3.05, 3.63) is 0 Å². The van der Waals surface area contributed by atoms with Crippen molar-refractivity contribution in [2.45, 2.75) is 52.9 Å². The molecular formula is C14H25I. The van der Waals surface area contributed by atoms with Gasteiger partial charge in [-0.3, -0.25) is 0 Å². The van der Waals surface area contributed by atoms with E-state index in [4.69, 9.17) is 0 Å². The minimum atomic E-state index is 0.697. The second-order valence-corrected chi connectivity index (χ2v) is 7.18. The molecule has 0 aromatic rings. The van der Waals surface area contributed by atoms with Gasteiger partial charge in [-0.25, -0.2) is 0 Å². The molecule has 2 aliphatic rings. The van der Waals surface area contributed by atoms with E-state index in [1.54, 1.807) is 0 Å². The summed E-state index contributed by atoms with van der Waals surface area (Å²) >= 11 is 2.58. The highest BCUT2D eigenvalue weighted by Gasteiger charge is 2.50. The molecule has 2 saturated carbocycles. The Morgan fingerprint density at radius 1 is 1.33 bits per heavy atom. The molecule has 0 N–H and O–H groups in total. The molecule has 0 aromatic heterocycles. The first kappa shape index (κ1) is 12.2. The lowest BCUT2D eigenvalue weighted by Crippen LogP contribution is -2.38. The molecule has 0 aliphatic heterocycles. The Hall–Kier alpha value is 0.730. The second kappa shape index (κ2) is 4.54. The third kappa shape index (κ3) is 1.98. The molecule has 0 bridgehead atoms. The normalized spacial score (nSPS) is 47.6. The quantitative estimate of drug-likeness (QED) is 0.501. The van der Waals surface area contributed by atoms with Crippen LogP contribution in [0.2, 0.25) is 0 Å². The third-order valence-corrected chi connectivity index (χ3v) is 6.86. The molecule has 5 atom stereocenters. The topological polar surface area (TPSA) is 0 Å². The van der Waals surface area contributed by atoms with Crippen LogP contribution < -0.4 is 0 Å². The van der Waals surface area contributed by atoms with Crippen LogP contribution in [0.15, 0.2) is 0 Å². The largest absolute Gasteiger partial charge is 0.0861 e. The maximum Gasteiger partial charge on any atom is 0.00239 e. The predicted molar refractivity (Wildman–Crippen MR) is 75.4 cm³/mol. The van der Waals surface area contributed by atoms with Gasteiger partial charge in [-0.05, 0) is 48.3 Å². The molecule has 2 fully saturated rings. The maximum absolute atomic E-state index is 2.60. The van der Waals surface area contributed by atoms with Crippen molar-refractivity contribution < 1.29 is 0 Å². The van der Waals surface area contributed by atoms with Crippen molar-refractivity contribution >= 4 is 22.6 Å². The van der Waals surface area contributed by atoms with E-state index >= 15 is 0 Å². The molecule has 0 saturated heterocycles. The lowest BCUT2D eigenvalue weighted by atomic mass is 9.60. The summed E-state index contributed by atoms with van der Waals surface area (Å²) in [6.07, 6.45) is 7.51. The highest BCUT2D eigenvalue weighted by molar-refractivity contribution is 14.1. The summed E-state index contributed by atoms with van der Waals surface area (Å²) < 4.78 is 1.35. The molecule has 1 heteroatoms. The number of halogens is 1. The van der Waals surface area contributed by atoms with Crippen LogP contribution in [0.25, 0.3) is 0 Å². The van der Waals surface area contributed by atoms with Gasteiger partial charge in [0.2, 0.25) is 0 Å². The molecule has 2 aliphatic carbocycles. The van der Waals surface area contributed by atoms with Crippen LogP contribution in [-0.2, 0) is 0 Å². The summed E-state index contributed by atoms with van der Waals surface area (Å²) in [5, 5.41) is 0. The number of alkyl halides is 1. The highest BCUT2D eigenvalue weighted by atomic mass is 127. The number of fused-ring (bicyclic) bond motifs is 1. The Morgan fingerprint density at radius 2 is 2.07 bits per heavy atom. The summed E-state index contributed by atoms with van der Waals surface area (Å²) in [6, 6.07) is 0. The molecule has 0 aromatic carbocycles. The summed E-state index contributed by atoms with van der Waals surface area (Å²) in [5.74, 6) is 3.99. The van der Waals surface area contributed by atoms with E-state index in [-0.39, 0.29) is 0 Å². The van der Waals surface area contributed by atoms with Gasteiger partial charge in [0.15, 0.2) is 0 Å². The molecule has 0 radical (unpaired) electrons. The first-order valence-electron chi connectivity index (χ1n) is 6.65. The molecule has 3 unspecified atom stereocenters. The van der Waals surface area contributed by atoms with Gasteiger partial charge in [0.25, 0.3) is 0 Å². The average molecular weight is 320 g/mol. The fourth-order valence-corrected chi connectivity index (χ4v) is 5.26. The molecule has 2 rings (SSSR count). The van der Waals surface area contributed by atoms with Gasteiger partial charge in [-0.15, -0.1) is 0 Å². The standard InChI is InChI=1S/C14H25I/c1-10-5-4-8-14(3)12(10)6-7-13(14)11(2)9-15/h10-13H,4-9H2,1-3H3/t10?,11-,12?,13?,14+/m1/s1. The minimum Gasteiger partial charge on any atom is -0.0861 e. The van der Waals surface area contributed by atoms with Gasteiger partial charge in [0.1, 0.15) is 0 Å². The van der Waals surface area contributed by atoms with Crippen LogP contribution in [-0.4, -0.2) is 4.43 Å². The van der Waals surface area contributed by atoms with Crippen LogP contribution in [0.4, 0.5) is 0 Å². The van der Waals surface area contributed by atoms with E-state index in [0.29, 0.717) is 5.41 Å². The van der Waals surface area contributed by atoms with Crippen LogP contribution in [0.3, 0.4) is 0 Å². The molecular weight excluding hydrogens is 295 g/mol. The highest BCUT2D eigenvalue weighted by Crippen LogP contribution is 2.59. The molecule has 0 heterocycles. The molecule has 0 spiro atoms. The SMILES string of the molecule is CC1CCC[C@@]2(C)C1CCC2[C@H](C)CI. The van der Waals surface area contributed by atoms with Crippen molar-refractivity contribution in [3.8, 4) is 0 Å². The van der Waals surface area contributed by atoms with Gasteiger partial charge in [-0.2, -0.15) is 0 Å². The fraction of sp³-hybridized carbons (Fsp3) is 1.00. The van der Waals surface area contributed by atoms with Crippen LogP contribution >= 0.6 is 22.6 Å². The zero-order valence-corrected chi connectivity index (χ0v) is 12.6. The van der Waals surface area contributed by atoms with E-state index in [0.717, 1.165) is 23.7 Å². The summed E-state index contributed by atoms with van der Waals surface area (Å²) in [7, 11) is 0. The molecule has 88 valence electrons. The maximum atomic E-state index is 2.60. The van der Waals surface area contributed by atoms with E-state index in [9.17, 15) is 0 Å². The first-order valence-corrected chi connectivity index (χ1v) is 8.18. The minimum absolute atomic E-state index is 0.697. The molecule has 0 amide bonds. The average Bonchev–Trinajstić information content (AvgIpc) is 2.56. The fourth-order valence-electron chi connectivity index (χ4n) is 4.65. The predicted octanol–water partition coefficient (Wildman–Crippen LogP) is 4.91. The van der Waals surface area contributed by atoms with Crippen molar-refractivity contribution in [2.75, 3.05) is 4.43 Å². The first-order chi connectivity index (χ1) is 7.09. The number of hydrogen-bond donors (Lipinski definition) is 0. The Kier molecular flexibility index (Phi) is 3.69. The Labute approximate surface area is 109 Å². The zero-order chi connectivity index (χ0) is 11.1. The van der Waals surface area contributed by atoms with Crippen molar-refractivity contribution in [1.82, 2.24) is 0 Å². The van der Waals surface area contributed by atoms with E-state index in [2.05, 4.69) is 43.4 Å². The van der Waals surface area contributed by atoms with Gasteiger partial charge in [0.05, 0.1) is 0 Å². The van der Waals surface area contributed by atoms with Crippen LogP contribution in [0, 0.1) is 29.1 Å². The lowest BCUT2D eigenvalue weighted by molar-refractivity contribution is 0.0418. The van der Waals surface area contributed by atoms with E-state index < -0.39 is 0 Å². The van der Waals surface area contributed by atoms with Gasteiger partial charge >= 0.3 is 0 Å². The van der Waals surface area contributed by atoms with Crippen molar-refractivity contribution in [3.63, 3.8) is 0 Å². The lowest BCUT2D eigenvalue weighted by Gasteiger charge is -2.45. The van der Waals surface area contributed by atoms with Crippen molar-refractivity contribution in [1.29, 1.82) is 0 Å². The third-order valence-electron chi connectivity index (χ3n) is 5.47. The Morgan fingerprint density at radius 3 is 2.73 bits per heavy atom. The second-order valence-electron chi connectivity index (χ2n) is 6.30. The molecule has 15 heavy (non-hydrogen) atoms. The summed E-state index contributed by atoms with van der Waals surface area (Å²) in [5.41, 5.74) is 0.697. The van der Waals surface area contributed by atoms with Gasteiger partial charge < -0.3 is 0 Å². The Balaban J connectivity index is 2.17. The smallest absolute Gasteiger partial charge is 0.00239 e. The Bertz CT molecular complexity index is 225.